The highest BCUT2D eigenvalue weighted by molar-refractivity contribution is 6.54. The molecule has 0 unspecified atom stereocenters. The Morgan fingerprint density at radius 3 is 2.64 bits per heavy atom. The lowest BCUT2D eigenvalue weighted by Crippen LogP contribution is -2.12. The van der Waals surface area contributed by atoms with E-state index in [2.05, 4.69) is 15.6 Å². The molecule has 4 rings (SSSR count). The molecule has 0 aliphatic carbocycles. The Morgan fingerprint density at radius 1 is 1.14 bits per heavy atom. The van der Waals surface area contributed by atoms with Crippen LogP contribution < -0.4 is 15.5 Å². The molecule has 8 heteroatoms. The molecule has 2 aromatic carbocycles. The highest BCUT2D eigenvalue weighted by Crippen LogP contribution is 2.37. The van der Waals surface area contributed by atoms with Gasteiger partial charge in [0.25, 0.3) is 11.7 Å². The van der Waals surface area contributed by atoms with Crippen LogP contribution in [0.25, 0.3) is 10.9 Å². The molecular weight excluding hydrogens is 360 g/mol. The van der Waals surface area contributed by atoms with E-state index >= 15 is 0 Å². The number of fused-ring (bicyclic) bond motifs is 3. The van der Waals surface area contributed by atoms with Crippen LogP contribution in [0.2, 0.25) is 0 Å². The lowest BCUT2D eigenvalue weighted by Gasteiger charge is -2.16. The Morgan fingerprint density at radius 2 is 1.93 bits per heavy atom. The van der Waals surface area contributed by atoms with Crippen molar-refractivity contribution in [3.8, 4) is 0 Å². The number of aromatic carboxylic acids is 1. The predicted octanol–water partition coefficient (Wildman–Crippen LogP) is 2.88. The molecule has 1 aliphatic rings. The smallest absolute Gasteiger partial charge is 0.335 e. The van der Waals surface area contributed by atoms with Gasteiger partial charge in [0.2, 0.25) is 0 Å². The van der Waals surface area contributed by atoms with Crippen molar-refractivity contribution in [2.75, 3.05) is 29.6 Å². The lowest BCUT2D eigenvalue weighted by atomic mass is 10.0. The van der Waals surface area contributed by atoms with Gasteiger partial charge in [-0.05, 0) is 30.3 Å². The number of nitrogens with zero attached hydrogens (tertiary/aromatic N) is 2. The zero-order valence-electron chi connectivity index (χ0n) is 15.1. The number of carboxylic acid groups (broad SMARTS) is 1. The van der Waals surface area contributed by atoms with E-state index < -0.39 is 17.7 Å². The van der Waals surface area contributed by atoms with E-state index in [0.717, 1.165) is 5.69 Å². The summed E-state index contributed by atoms with van der Waals surface area (Å²) in [6.45, 7) is 0. The van der Waals surface area contributed by atoms with Crippen molar-refractivity contribution in [3.05, 3.63) is 53.6 Å². The molecule has 2 heterocycles. The van der Waals surface area contributed by atoms with E-state index in [1.165, 1.54) is 18.2 Å². The number of hydrogen-bond donors (Lipinski definition) is 3. The molecule has 1 aliphatic heterocycles. The van der Waals surface area contributed by atoms with Crippen molar-refractivity contribution in [2.24, 2.45) is 0 Å². The fraction of sp³-hybridized carbons (Fsp3) is 0.100. The van der Waals surface area contributed by atoms with Gasteiger partial charge in [0.15, 0.2) is 5.82 Å². The molecule has 8 nitrogen and oxygen atoms in total. The zero-order valence-corrected chi connectivity index (χ0v) is 15.1. The maximum absolute atomic E-state index is 12.4. The summed E-state index contributed by atoms with van der Waals surface area (Å²) in [5.41, 5.74) is 2.51. The number of hydrogen-bond acceptors (Lipinski definition) is 6. The van der Waals surface area contributed by atoms with E-state index in [0.29, 0.717) is 22.3 Å². The van der Waals surface area contributed by atoms with E-state index in [1.807, 2.05) is 43.3 Å². The fourth-order valence-corrected chi connectivity index (χ4v) is 3.13. The van der Waals surface area contributed by atoms with E-state index in [1.54, 1.807) is 0 Å². The first-order chi connectivity index (χ1) is 13.3. The lowest BCUT2D eigenvalue weighted by molar-refractivity contribution is -0.112. The minimum atomic E-state index is -1.10. The summed E-state index contributed by atoms with van der Waals surface area (Å²) in [6.07, 6.45) is 0. The molecule has 0 radical (unpaired) electrons. The van der Waals surface area contributed by atoms with Crippen molar-refractivity contribution in [3.63, 3.8) is 0 Å². The standard InChI is InChI=1S/C20H16N4O4/c1-24(2)12-5-3-4-11(9-12)21-18-16-15(17(25)19(26)23-16)13-7-6-10(20(27)28)8-14(13)22-18/h3-9H,1-2H3,(H,21,22)(H,27,28)(H,23,25,26). The summed E-state index contributed by atoms with van der Waals surface area (Å²) in [7, 11) is 3.83. The van der Waals surface area contributed by atoms with Gasteiger partial charge in [-0.3, -0.25) is 9.59 Å². The van der Waals surface area contributed by atoms with Crippen molar-refractivity contribution >= 4 is 51.4 Å². The molecular formula is C20H16N4O4. The number of benzene rings is 2. The van der Waals surface area contributed by atoms with Crippen molar-refractivity contribution in [1.29, 1.82) is 0 Å². The predicted molar refractivity (Wildman–Crippen MR) is 106 cm³/mol. The summed E-state index contributed by atoms with van der Waals surface area (Å²) >= 11 is 0. The number of amides is 1. The van der Waals surface area contributed by atoms with Crippen LogP contribution in [0.15, 0.2) is 42.5 Å². The van der Waals surface area contributed by atoms with Gasteiger partial charge in [-0.15, -0.1) is 0 Å². The molecule has 0 spiro atoms. The van der Waals surface area contributed by atoms with Gasteiger partial charge in [-0.1, -0.05) is 12.1 Å². The number of carbonyl (C=O) groups excluding carboxylic acids is 2. The number of Topliss-reactive ketones (excluding diaryl/α,β-unsaturated/α-hetero) is 1. The minimum absolute atomic E-state index is 0.0465. The minimum Gasteiger partial charge on any atom is -0.478 e. The molecule has 0 fully saturated rings. The van der Waals surface area contributed by atoms with Gasteiger partial charge < -0.3 is 20.6 Å². The van der Waals surface area contributed by atoms with Crippen LogP contribution in [0.5, 0.6) is 0 Å². The zero-order chi connectivity index (χ0) is 20.0. The number of aromatic nitrogens is 1. The number of anilines is 4. The SMILES string of the molecule is CN(C)c1cccc(Nc2nc3cc(C(=O)O)ccc3c3c2NC(=O)C3=O)c1. The van der Waals surface area contributed by atoms with Gasteiger partial charge in [0, 0.05) is 30.9 Å². The van der Waals surface area contributed by atoms with Crippen LogP contribution in [0, 0.1) is 0 Å². The monoisotopic (exact) mass is 376 g/mol. The molecule has 1 amide bonds. The van der Waals surface area contributed by atoms with Crippen LogP contribution in [0.3, 0.4) is 0 Å². The van der Waals surface area contributed by atoms with Gasteiger partial charge in [-0.25, -0.2) is 9.78 Å². The fourth-order valence-electron chi connectivity index (χ4n) is 3.13. The van der Waals surface area contributed by atoms with Gasteiger partial charge >= 0.3 is 5.97 Å². The molecule has 28 heavy (non-hydrogen) atoms. The summed E-state index contributed by atoms with van der Waals surface area (Å²) in [5.74, 6) is -2.23. The van der Waals surface area contributed by atoms with E-state index in [-0.39, 0.29) is 16.9 Å². The first-order valence-corrected chi connectivity index (χ1v) is 8.46. The Bertz CT molecular complexity index is 1170. The molecule has 0 atom stereocenters. The van der Waals surface area contributed by atoms with E-state index in [9.17, 15) is 19.5 Å². The topological polar surface area (TPSA) is 112 Å². The summed E-state index contributed by atoms with van der Waals surface area (Å²) < 4.78 is 0. The number of pyridine rings is 1. The summed E-state index contributed by atoms with van der Waals surface area (Å²) in [6, 6.07) is 11.8. The second-order valence-electron chi connectivity index (χ2n) is 6.60. The van der Waals surface area contributed by atoms with Crippen molar-refractivity contribution in [2.45, 2.75) is 0 Å². The van der Waals surface area contributed by atoms with Gasteiger partial charge in [-0.2, -0.15) is 0 Å². The van der Waals surface area contributed by atoms with Crippen LogP contribution >= 0.6 is 0 Å². The first kappa shape index (κ1) is 17.5. The Kier molecular flexibility index (Phi) is 3.96. The highest BCUT2D eigenvalue weighted by atomic mass is 16.4. The molecule has 3 aromatic rings. The van der Waals surface area contributed by atoms with Crippen LogP contribution in [0.4, 0.5) is 22.9 Å². The third kappa shape index (κ3) is 2.81. The summed E-state index contributed by atoms with van der Waals surface area (Å²) in [5, 5.41) is 15.4. The van der Waals surface area contributed by atoms with Crippen LogP contribution in [-0.4, -0.2) is 41.8 Å². The Hall–Kier alpha value is -3.94. The molecule has 0 saturated heterocycles. The van der Waals surface area contributed by atoms with Crippen molar-refractivity contribution < 1.29 is 19.5 Å². The third-order valence-corrected chi connectivity index (χ3v) is 4.53. The first-order valence-electron chi connectivity index (χ1n) is 8.46. The number of nitrogens with one attached hydrogen (secondary N) is 2. The normalized spacial score (nSPS) is 12.6. The maximum atomic E-state index is 12.4. The van der Waals surface area contributed by atoms with E-state index in [4.69, 9.17) is 0 Å². The Labute approximate surface area is 159 Å². The average molecular weight is 376 g/mol. The van der Waals surface area contributed by atoms with Crippen LogP contribution in [-0.2, 0) is 4.79 Å². The number of ketones is 1. The largest absolute Gasteiger partial charge is 0.478 e. The molecule has 0 saturated carbocycles. The molecule has 140 valence electrons. The second-order valence-corrected chi connectivity index (χ2v) is 6.60. The molecule has 3 N–H and O–H groups in total. The maximum Gasteiger partial charge on any atom is 0.335 e. The third-order valence-electron chi connectivity index (χ3n) is 4.53. The Balaban J connectivity index is 1.89. The molecule has 0 bridgehead atoms. The van der Waals surface area contributed by atoms with Gasteiger partial charge in [0.1, 0.15) is 0 Å². The number of carboxylic acids is 1. The number of rotatable bonds is 4. The van der Waals surface area contributed by atoms with Crippen molar-refractivity contribution in [1.82, 2.24) is 4.98 Å². The second kappa shape index (κ2) is 6.34. The quantitative estimate of drug-likeness (QED) is 0.600. The average Bonchev–Trinajstić information content (AvgIpc) is 2.97. The molecule has 1 aromatic heterocycles. The highest BCUT2D eigenvalue weighted by Gasteiger charge is 2.33. The summed E-state index contributed by atoms with van der Waals surface area (Å²) in [4.78, 5) is 42.1. The number of carbonyl (C=O) groups is 3. The van der Waals surface area contributed by atoms with Crippen LogP contribution in [0.1, 0.15) is 20.7 Å². The van der Waals surface area contributed by atoms with Gasteiger partial charge in [0.05, 0.1) is 22.3 Å².